The molecule has 0 saturated heterocycles. The lowest BCUT2D eigenvalue weighted by molar-refractivity contribution is 0.159. The van der Waals surface area contributed by atoms with E-state index in [1.165, 1.54) is 34.9 Å². The van der Waals surface area contributed by atoms with Crippen molar-refractivity contribution in [2.24, 2.45) is 0 Å². The fourth-order valence-corrected chi connectivity index (χ4v) is 4.08. The quantitative estimate of drug-likeness (QED) is 0.587. The van der Waals surface area contributed by atoms with Crippen molar-refractivity contribution < 1.29 is 5.11 Å². The third-order valence-corrected chi connectivity index (χ3v) is 5.35. The summed E-state index contributed by atoms with van der Waals surface area (Å²) >= 11 is 0. The van der Waals surface area contributed by atoms with Gasteiger partial charge in [0.2, 0.25) is 0 Å². The summed E-state index contributed by atoms with van der Waals surface area (Å²) in [5.41, 5.74) is 4.91. The Morgan fingerprint density at radius 1 is 0.920 bits per heavy atom. The molecule has 0 radical (unpaired) electrons. The monoisotopic (exact) mass is 328 g/mol. The molecule has 2 atom stereocenters. The van der Waals surface area contributed by atoms with E-state index in [4.69, 9.17) is 0 Å². The molecule has 0 saturated carbocycles. The summed E-state index contributed by atoms with van der Waals surface area (Å²) < 4.78 is 0. The molecule has 4 rings (SSSR count). The summed E-state index contributed by atoms with van der Waals surface area (Å²) in [6, 6.07) is 23.1. The van der Waals surface area contributed by atoms with Gasteiger partial charge in [-0.05, 0) is 40.3 Å². The second-order valence-electron chi connectivity index (χ2n) is 6.94. The SMILES string of the molecule is CCCCC1=Cc2ccccc2[C@H]1[C@H](O)c1cccc2ccccc12. The Morgan fingerprint density at radius 2 is 1.68 bits per heavy atom. The van der Waals surface area contributed by atoms with E-state index in [9.17, 15) is 5.11 Å². The van der Waals surface area contributed by atoms with Crippen molar-refractivity contribution >= 4 is 16.8 Å². The molecule has 0 aromatic heterocycles. The number of unbranched alkanes of at least 4 members (excludes halogenated alkanes) is 1. The minimum atomic E-state index is -0.516. The molecule has 0 fully saturated rings. The predicted molar refractivity (Wildman–Crippen MR) is 106 cm³/mol. The standard InChI is InChI=1S/C24H24O/c1-2-3-9-19-16-18-11-5-7-14-21(18)23(19)24(25)22-15-8-12-17-10-4-6-13-20(17)22/h4-8,10-16,23-25H,2-3,9H2,1H3/t23-,24+/m0/s1. The molecule has 1 aliphatic carbocycles. The van der Waals surface area contributed by atoms with Crippen LogP contribution in [0, 0.1) is 0 Å². The molecule has 0 unspecified atom stereocenters. The third kappa shape index (κ3) is 2.89. The van der Waals surface area contributed by atoms with Gasteiger partial charge in [-0.3, -0.25) is 0 Å². The maximum Gasteiger partial charge on any atom is 0.0902 e. The largest absolute Gasteiger partial charge is 0.387 e. The number of rotatable bonds is 5. The average molecular weight is 328 g/mol. The topological polar surface area (TPSA) is 20.2 Å². The minimum absolute atomic E-state index is 0.0635. The van der Waals surface area contributed by atoms with Gasteiger partial charge in [0, 0.05) is 5.92 Å². The van der Waals surface area contributed by atoms with E-state index in [-0.39, 0.29) is 5.92 Å². The zero-order valence-electron chi connectivity index (χ0n) is 14.7. The number of benzene rings is 3. The zero-order chi connectivity index (χ0) is 17.2. The Hall–Kier alpha value is -2.38. The van der Waals surface area contributed by atoms with Crippen LogP contribution in [-0.2, 0) is 0 Å². The van der Waals surface area contributed by atoms with Crippen molar-refractivity contribution in [3.8, 4) is 0 Å². The van der Waals surface area contributed by atoms with Gasteiger partial charge in [0.05, 0.1) is 6.10 Å². The van der Waals surface area contributed by atoms with Gasteiger partial charge in [0.25, 0.3) is 0 Å². The van der Waals surface area contributed by atoms with E-state index in [1.54, 1.807) is 0 Å². The van der Waals surface area contributed by atoms with Gasteiger partial charge in [-0.25, -0.2) is 0 Å². The molecule has 3 aromatic rings. The van der Waals surface area contributed by atoms with Crippen LogP contribution < -0.4 is 0 Å². The van der Waals surface area contributed by atoms with Crippen molar-refractivity contribution in [2.75, 3.05) is 0 Å². The number of aliphatic hydroxyl groups is 1. The van der Waals surface area contributed by atoms with Crippen LogP contribution in [0.2, 0.25) is 0 Å². The molecule has 25 heavy (non-hydrogen) atoms. The van der Waals surface area contributed by atoms with E-state index in [1.807, 2.05) is 0 Å². The maximum absolute atomic E-state index is 11.4. The lowest BCUT2D eigenvalue weighted by atomic mass is 9.83. The molecule has 3 aromatic carbocycles. The highest BCUT2D eigenvalue weighted by Crippen LogP contribution is 2.46. The minimum Gasteiger partial charge on any atom is -0.387 e. The van der Waals surface area contributed by atoms with Gasteiger partial charge >= 0.3 is 0 Å². The van der Waals surface area contributed by atoms with Gasteiger partial charge in [-0.15, -0.1) is 0 Å². The molecular formula is C24H24O. The molecule has 1 nitrogen and oxygen atoms in total. The second kappa shape index (κ2) is 6.85. The first-order chi connectivity index (χ1) is 12.3. The maximum atomic E-state index is 11.4. The van der Waals surface area contributed by atoms with Gasteiger partial charge < -0.3 is 5.11 Å². The number of hydrogen-bond acceptors (Lipinski definition) is 1. The summed E-state index contributed by atoms with van der Waals surface area (Å²) in [5.74, 6) is 0.0635. The Kier molecular flexibility index (Phi) is 4.42. The molecule has 1 heteroatoms. The van der Waals surface area contributed by atoms with Crippen LogP contribution in [0.5, 0.6) is 0 Å². The lowest BCUT2D eigenvalue weighted by Gasteiger charge is -2.25. The van der Waals surface area contributed by atoms with Crippen LogP contribution in [0.15, 0.2) is 72.3 Å². The van der Waals surface area contributed by atoms with Crippen molar-refractivity contribution in [1.29, 1.82) is 0 Å². The van der Waals surface area contributed by atoms with Gasteiger partial charge in [0.1, 0.15) is 0 Å². The Morgan fingerprint density at radius 3 is 2.56 bits per heavy atom. The summed E-state index contributed by atoms with van der Waals surface area (Å²) in [7, 11) is 0. The smallest absolute Gasteiger partial charge is 0.0902 e. The summed E-state index contributed by atoms with van der Waals surface area (Å²) in [6.45, 7) is 2.22. The van der Waals surface area contributed by atoms with Crippen LogP contribution in [0.3, 0.4) is 0 Å². The van der Waals surface area contributed by atoms with Crippen LogP contribution in [0.1, 0.15) is 54.9 Å². The fraction of sp³-hybridized carbons (Fsp3) is 0.250. The first kappa shape index (κ1) is 16.1. The number of hydrogen-bond donors (Lipinski definition) is 1. The third-order valence-electron chi connectivity index (χ3n) is 5.35. The molecule has 1 aliphatic rings. The number of fused-ring (bicyclic) bond motifs is 2. The van der Waals surface area contributed by atoms with Crippen LogP contribution in [-0.4, -0.2) is 5.11 Å². The van der Waals surface area contributed by atoms with E-state index in [0.717, 1.165) is 17.4 Å². The second-order valence-corrected chi connectivity index (χ2v) is 6.94. The van der Waals surface area contributed by atoms with Crippen molar-refractivity contribution in [3.05, 3.63) is 89.0 Å². The Balaban J connectivity index is 1.79. The first-order valence-corrected chi connectivity index (χ1v) is 9.24. The lowest BCUT2D eigenvalue weighted by Crippen LogP contribution is -2.12. The highest BCUT2D eigenvalue weighted by molar-refractivity contribution is 5.86. The summed E-state index contributed by atoms with van der Waals surface area (Å²) in [4.78, 5) is 0. The van der Waals surface area contributed by atoms with Crippen molar-refractivity contribution in [2.45, 2.75) is 38.2 Å². The summed E-state index contributed by atoms with van der Waals surface area (Å²) in [6.07, 6.45) is 5.17. The van der Waals surface area contributed by atoms with E-state index < -0.39 is 6.10 Å². The van der Waals surface area contributed by atoms with Gasteiger partial charge in [-0.1, -0.05) is 91.7 Å². The molecule has 0 bridgehead atoms. The molecule has 126 valence electrons. The molecule has 0 spiro atoms. The molecule has 0 heterocycles. The molecule has 0 amide bonds. The van der Waals surface area contributed by atoms with Crippen LogP contribution in [0.25, 0.3) is 16.8 Å². The van der Waals surface area contributed by atoms with Crippen molar-refractivity contribution in [1.82, 2.24) is 0 Å². The van der Waals surface area contributed by atoms with Crippen molar-refractivity contribution in [3.63, 3.8) is 0 Å². The summed E-state index contributed by atoms with van der Waals surface area (Å²) in [5, 5.41) is 13.7. The van der Waals surface area contributed by atoms with Crippen LogP contribution in [0.4, 0.5) is 0 Å². The predicted octanol–water partition coefficient (Wildman–Crippen LogP) is 6.24. The fourth-order valence-electron chi connectivity index (χ4n) is 4.08. The normalized spacial score (nSPS) is 17.4. The zero-order valence-corrected chi connectivity index (χ0v) is 14.7. The van der Waals surface area contributed by atoms with E-state index in [2.05, 4.69) is 79.7 Å². The van der Waals surface area contributed by atoms with Crippen LogP contribution >= 0.6 is 0 Å². The molecule has 1 N–H and O–H groups in total. The molecular weight excluding hydrogens is 304 g/mol. The van der Waals surface area contributed by atoms with Gasteiger partial charge in [0.15, 0.2) is 0 Å². The average Bonchev–Trinajstić information content (AvgIpc) is 3.03. The Bertz CT molecular complexity index is 917. The Labute approximate surface area is 149 Å². The highest BCUT2D eigenvalue weighted by atomic mass is 16.3. The first-order valence-electron chi connectivity index (χ1n) is 9.24. The highest BCUT2D eigenvalue weighted by Gasteiger charge is 2.32. The van der Waals surface area contributed by atoms with E-state index >= 15 is 0 Å². The molecule has 0 aliphatic heterocycles. The number of aliphatic hydroxyl groups excluding tert-OH is 1. The van der Waals surface area contributed by atoms with E-state index in [0.29, 0.717) is 0 Å². The van der Waals surface area contributed by atoms with Gasteiger partial charge in [-0.2, -0.15) is 0 Å².